The third kappa shape index (κ3) is 5.18. The second-order valence-corrected chi connectivity index (χ2v) is 4.77. The molecule has 2 rings (SSSR count). The van der Waals surface area contributed by atoms with Crippen LogP contribution in [0.4, 0.5) is 10.1 Å². The number of nitrogens with one attached hydrogen (secondary N) is 1. The fraction of sp³-hybridized carbons (Fsp3) is 0.235. The molecule has 0 aliphatic rings. The molecule has 2 aromatic carbocycles. The third-order valence-corrected chi connectivity index (χ3v) is 3.05. The van der Waals surface area contributed by atoms with Gasteiger partial charge in [0, 0.05) is 12.1 Å². The number of aliphatic hydroxyl groups is 1. The number of benzene rings is 2. The van der Waals surface area contributed by atoms with Crippen molar-refractivity contribution < 1.29 is 19.0 Å². The van der Waals surface area contributed by atoms with Crippen LogP contribution in [-0.2, 0) is 11.2 Å². The Kier molecular flexibility index (Phi) is 5.91. The van der Waals surface area contributed by atoms with Crippen LogP contribution in [0, 0.1) is 5.82 Å². The van der Waals surface area contributed by atoms with Gasteiger partial charge in [-0.05, 0) is 48.4 Å². The van der Waals surface area contributed by atoms with Crippen LogP contribution in [-0.4, -0.2) is 24.2 Å². The first-order valence-corrected chi connectivity index (χ1v) is 7.05. The van der Waals surface area contributed by atoms with Gasteiger partial charge in [0.2, 0.25) is 5.91 Å². The summed E-state index contributed by atoms with van der Waals surface area (Å²) in [6.07, 6.45) is 0.887. The number of halogens is 1. The molecule has 116 valence electrons. The number of rotatable bonds is 7. The molecule has 0 aromatic heterocycles. The molecule has 0 heterocycles. The van der Waals surface area contributed by atoms with E-state index in [2.05, 4.69) is 5.32 Å². The summed E-state index contributed by atoms with van der Waals surface area (Å²) in [4.78, 5) is 11.9. The molecule has 1 amide bonds. The maximum atomic E-state index is 12.8. The molecule has 0 radical (unpaired) electrons. The van der Waals surface area contributed by atoms with Gasteiger partial charge in [0.15, 0.2) is 0 Å². The highest BCUT2D eigenvalue weighted by Crippen LogP contribution is 2.16. The summed E-state index contributed by atoms with van der Waals surface area (Å²) in [7, 11) is 0. The van der Waals surface area contributed by atoms with Gasteiger partial charge >= 0.3 is 0 Å². The lowest BCUT2D eigenvalue weighted by molar-refractivity contribution is -0.116. The predicted molar refractivity (Wildman–Crippen MR) is 82.4 cm³/mol. The Bertz CT molecular complexity index is 596. The zero-order chi connectivity index (χ0) is 15.8. The summed E-state index contributed by atoms with van der Waals surface area (Å²) in [5.41, 5.74) is 1.60. The SMILES string of the molecule is O=C(CCc1ccc(F)cc1)Nc1ccc(OCCO)cc1. The van der Waals surface area contributed by atoms with E-state index in [0.29, 0.717) is 24.3 Å². The zero-order valence-electron chi connectivity index (χ0n) is 12.1. The van der Waals surface area contributed by atoms with Crippen LogP contribution in [0.15, 0.2) is 48.5 Å². The van der Waals surface area contributed by atoms with Crippen LogP contribution in [0.3, 0.4) is 0 Å². The molecule has 0 saturated carbocycles. The van der Waals surface area contributed by atoms with Crippen molar-refractivity contribution in [2.45, 2.75) is 12.8 Å². The summed E-state index contributed by atoms with van der Waals surface area (Å²) in [6.45, 7) is 0.200. The van der Waals surface area contributed by atoms with Gasteiger partial charge in [0.05, 0.1) is 6.61 Å². The van der Waals surface area contributed by atoms with Crippen molar-refractivity contribution >= 4 is 11.6 Å². The van der Waals surface area contributed by atoms with E-state index in [1.807, 2.05) is 0 Å². The van der Waals surface area contributed by atoms with Crippen LogP contribution in [0.2, 0.25) is 0 Å². The molecule has 0 atom stereocenters. The van der Waals surface area contributed by atoms with Gasteiger partial charge < -0.3 is 15.2 Å². The van der Waals surface area contributed by atoms with Crippen LogP contribution in [0.1, 0.15) is 12.0 Å². The maximum Gasteiger partial charge on any atom is 0.224 e. The molecule has 0 bridgehead atoms. The maximum absolute atomic E-state index is 12.8. The summed E-state index contributed by atoms with van der Waals surface area (Å²) < 4.78 is 18.0. The quantitative estimate of drug-likeness (QED) is 0.827. The van der Waals surface area contributed by atoms with E-state index >= 15 is 0 Å². The molecule has 0 fully saturated rings. The van der Waals surface area contributed by atoms with Crippen molar-refractivity contribution in [3.05, 3.63) is 59.9 Å². The van der Waals surface area contributed by atoms with Gasteiger partial charge in [0.25, 0.3) is 0 Å². The van der Waals surface area contributed by atoms with Gasteiger partial charge in [0.1, 0.15) is 18.2 Å². The van der Waals surface area contributed by atoms with E-state index in [1.54, 1.807) is 36.4 Å². The summed E-state index contributed by atoms with van der Waals surface area (Å²) >= 11 is 0. The highest BCUT2D eigenvalue weighted by Gasteiger charge is 2.04. The predicted octanol–water partition coefficient (Wildman–Crippen LogP) is 2.77. The molecule has 2 N–H and O–H groups in total. The Morgan fingerprint density at radius 2 is 1.77 bits per heavy atom. The minimum Gasteiger partial charge on any atom is -0.491 e. The van der Waals surface area contributed by atoms with Crippen LogP contribution in [0.25, 0.3) is 0 Å². The van der Waals surface area contributed by atoms with Crippen LogP contribution < -0.4 is 10.1 Å². The van der Waals surface area contributed by atoms with E-state index in [9.17, 15) is 9.18 Å². The van der Waals surface area contributed by atoms with Crippen LogP contribution >= 0.6 is 0 Å². The minimum absolute atomic E-state index is 0.0398. The highest BCUT2D eigenvalue weighted by atomic mass is 19.1. The van der Waals surface area contributed by atoms with E-state index in [0.717, 1.165) is 5.56 Å². The number of hydrogen-bond donors (Lipinski definition) is 2. The van der Waals surface area contributed by atoms with Crippen molar-refractivity contribution in [1.82, 2.24) is 0 Å². The number of amides is 1. The zero-order valence-corrected chi connectivity index (χ0v) is 12.1. The Balaban J connectivity index is 1.80. The standard InChI is InChI=1S/C17H18FNO3/c18-14-4-1-13(2-5-14)3-10-17(21)19-15-6-8-16(9-7-15)22-12-11-20/h1-2,4-9,20H,3,10-12H2,(H,19,21). The molecular weight excluding hydrogens is 285 g/mol. The molecule has 2 aromatic rings. The topological polar surface area (TPSA) is 58.6 Å². The average Bonchev–Trinajstić information content (AvgIpc) is 2.54. The summed E-state index contributed by atoms with van der Waals surface area (Å²) in [5, 5.41) is 11.5. The molecular formula is C17H18FNO3. The first-order chi connectivity index (χ1) is 10.7. The van der Waals surface area contributed by atoms with Crippen molar-refractivity contribution in [2.75, 3.05) is 18.5 Å². The number of hydrogen-bond acceptors (Lipinski definition) is 3. The van der Waals surface area contributed by atoms with Crippen LogP contribution in [0.5, 0.6) is 5.75 Å². The van der Waals surface area contributed by atoms with Gasteiger partial charge in [-0.3, -0.25) is 4.79 Å². The summed E-state index contributed by atoms with van der Waals surface area (Å²) in [5.74, 6) is 0.253. The number of aryl methyl sites for hydroxylation is 1. The van der Waals surface area contributed by atoms with Gasteiger partial charge in [-0.15, -0.1) is 0 Å². The number of carbonyl (C=O) groups is 1. The van der Waals surface area contributed by atoms with Gasteiger partial charge in [-0.25, -0.2) is 4.39 Å². The van der Waals surface area contributed by atoms with Crippen molar-refractivity contribution in [1.29, 1.82) is 0 Å². The van der Waals surface area contributed by atoms with E-state index in [4.69, 9.17) is 9.84 Å². The van der Waals surface area contributed by atoms with Crippen molar-refractivity contribution in [3.63, 3.8) is 0 Å². The molecule has 22 heavy (non-hydrogen) atoms. The summed E-state index contributed by atoms with van der Waals surface area (Å²) in [6, 6.07) is 13.1. The monoisotopic (exact) mass is 303 g/mol. The average molecular weight is 303 g/mol. The number of carbonyl (C=O) groups excluding carboxylic acids is 1. The van der Waals surface area contributed by atoms with E-state index in [-0.39, 0.29) is 24.9 Å². The molecule has 5 heteroatoms. The van der Waals surface area contributed by atoms with Crippen molar-refractivity contribution in [3.8, 4) is 5.75 Å². The molecule has 0 aliphatic heterocycles. The minimum atomic E-state index is -0.281. The van der Waals surface area contributed by atoms with Crippen molar-refractivity contribution in [2.24, 2.45) is 0 Å². The lowest BCUT2D eigenvalue weighted by atomic mass is 10.1. The second kappa shape index (κ2) is 8.14. The number of ether oxygens (including phenoxy) is 1. The fourth-order valence-corrected chi connectivity index (χ4v) is 1.93. The molecule has 0 spiro atoms. The Hall–Kier alpha value is -2.40. The number of aliphatic hydroxyl groups excluding tert-OH is 1. The lowest BCUT2D eigenvalue weighted by Gasteiger charge is -2.07. The molecule has 0 unspecified atom stereocenters. The lowest BCUT2D eigenvalue weighted by Crippen LogP contribution is -2.12. The Morgan fingerprint density at radius 3 is 2.41 bits per heavy atom. The molecule has 0 aliphatic carbocycles. The first kappa shape index (κ1) is 16.0. The van der Waals surface area contributed by atoms with Gasteiger partial charge in [-0.1, -0.05) is 12.1 Å². The first-order valence-electron chi connectivity index (χ1n) is 7.05. The van der Waals surface area contributed by atoms with E-state index in [1.165, 1.54) is 12.1 Å². The highest BCUT2D eigenvalue weighted by molar-refractivity contribution is 5.90. The normalized spacial score (nSPS) is 10.3. The third-order valence-electron chi connectivity index (χ3n) is 3.05. The van der Waals surface area contributed by atoms with E-state index < -0.39 is 0 Å². The smallest absolute Gasteiger partial charge is 0.224 e. The molecule has 0 saturated heterocycles. The Morgan fingerprint density at radius 1 is 1.09 bits per heavy atom. The largest absolute Gasteiger partial charge is 0.491 e. The number of anilines is 1. The Labute approximate surface area is 128 Å². The molecule has 4 nitrogen and oxygen atoms in total. The van der Waals surface area contributed by atoms with Gasteiger partial charge in [-0.2, -0.15) is 0 Å². The second-order valence-electron chi connectivity index (χ2n) is 4.77. The fourth-order valence-electron chi connectivity index (χ4n) is 1.93.